The fraction of sp³-hybridized carbons (Fsp3) is 0.235. The van der Waals surface area contributed by atoms with Crippen LogP contribution in [0.3, 0.4) is 0 Å². The van der Waals surface area contributed by atoms with E-state index in [0.717, 1.165) is 12.8 Å². The summed E-state index contributed by atoms with van der Waals surface area (Å²) < 4.78 is 13.8. The average Bonchev–Trinajstić information content (AvgIpc) is 3.31. The van der Waals surface area contributed by atoms with Crippen LogP contribution in [0.5, 0.6) is 0 Å². The number of halogens is 2. The zero-order chi connectivity index (χ0) is 15.5. The van der Waals surface area contributed by atoms with Gasteiger partial charge in [-0.2, -0.15) is 0 Å². The summed E-state index contributed by atoms with van der Waals surface area (Å²) in [4.78, 5) is 14.2. The van der Waals surface area contributed by atoms with E-state index in [2.05, 4.69) is 5.32 Å². The molecule has 0 saturated heterocycles. The summed E-state index contributed by atoms with van der Waals surface area (Å²) in [7, 11) is 0. The fourth-order valence-electron chi connectivity index (χ4n) is 2.32. The molecule has 2 aromatic carbocycles. The summed E-state index contributed by atoms with van der Waals surface area (Å²) in [5, 5.41) is 3.38. The van der Waals surface area contributed by atoms with Crippen molar-refractivity contribution in [3.8, 4) is 0 Å². The number of urea groups is 1. The number of anilines is 1. The summed E-state index contributed by atoms with van der Waals surface area (Å²) in [6.07, 6.45) is 1.91. The van der Waals surface area contributed by atoms with Gasteiger partial charge in [-0.05, 0) is 37.1 Å². The van der Waals surface area contributed by atoms with E-state index in [1.54, 1.807) is 47.4 Å². The molecule has 0 atom stereocenters. The third-order valence-electron chi connectivity index (χ3n) is 3.62. The van der Waals surface area contributed by atoms with Crippen LogP contribution in [0, 0.1) is 5.82 Å². The minimum absolute atomic E-state index is 0.179. The molecule has 1 saturated carbocycles. The molecule has 5 heteroatoms. The smallest absolute Gasteiger partial charge is 0.317 e. The quantitative estimate of drug-likeness (QED) is 0.872. The van der Waals surface area contributed by atoms with Gasteiger partial charge in [-0.1, -0.05) is 35.9 Å². The standard InChI is InChI=1S/C17H16ClFN2O/c18-13-5-3-6-14(10-13)20-17(22)21(15-8-9-15)11-12-4-1-2-7-16(12)19/h1-7,10,15H,8-9,11H2,(H,20,22). The topological polar surface area (TPSA) is 32.3 Å². The first kappa shape index (κ1) is 14.9. The van der Waals surface area contributed by atoms with Crippen LogP contribution in [0.25, 0.3) is 0 Å². The van der Waals surface area contributed by atoms with Gasteiger partial charge < -0.3 is 10.2 Å². The zero-order valence-corrected chi connectivity index (χ0v) is 12.7. The number of amides is 2. The van der Waals surface area contributed by atoms with Gasteiger partial charge in [0.1, 0.15) is 5.82 Å². The van der Waals surface area contributed by atoms with Crippen molar-refractivity contribution >= 4 is 23.3 Å². The number of rotatable bonds is 4. The lowest BCUT2D eigenvalue weighted by Crippen LogP contribution is -2.36. The monoisotopic (exact) mass is 318 g/mol. The fourth-order valence-corrected chi connectivity index (χ4v) is 2.51. The van der Waals surface area contributed by atoms with E-state index in [1.165, 1.54) is 6.07 Å². The maximum absolute atomic E-state index is 13.8. The van der Waals surface area contributed by atoms with Crippen LogP contribution in [0.2, 0.25) is 5.02 Å². The Morgan fingerprint density at radius 1 is 1.23 bits per heavy atom. The van der Waals surface area contributed by atoms with Crippen molar-refractivity contribution in [3.05, 3.63) is 64.9 Å². The van der Waals surface area contributed by atoms with Gasteiger partial charge in [0.2, 0.25) is 0 Å². The van der Waals surface area contributed by atoms with E-state index in [-0.39, 0.29) is 24.4 Å². The van der Waals surface area contributed by atoms with Gasteiger partial charge in [0.25, 0.3) is 0 Å². The van der Waals surface area contributed by atoms with Crippen LogP contribution in [-0.4, -0.2) is 17.0 Å². The molecule has 1 N–H and O–H groups in total. The lowest BCUT2D eigenvalue weighted by molar-refractivity contribution is 0.205. The molecule has 114 valence electrons. The van der Waals surface area contributed by atoms with Crippen molar-refractivity contribution in [1.82, 2.24) is 4.90 Å². The van der Waals surface area contributed by atoms with E-state index in [1.807, 2.05) is 0 Å². The Hall–Kier alpha value is -2.07. The van der Waals surface area contributed by atoms with Crippen LogP contribution in [0.4, 0.5) is 14.9 Å². The van der Waals surface area contributed by atoms with Gasteiger partial charge in [0.15, 0.2) is 0 Å². The van der Waals surface area contributed by atoms with Gasteiger partial charge in [0, 0.05) is 22.3 Å². The van der Waals surface area contributed by atoms with E-state index < -0.39 is 0 Å². The Bertz CT molecular complexity index is 688. The summed E-state index contributed by atoms with van der Waals surface area (Å²) in [5.74, 6) is -0.288. The Kier molecular flexibility index (Phi) is 4.29. The van der Waals surface area contributed by atoms with Crippen molar-refractivity contribution in [2.24, 2.45) is 0 Å². The molecule has 2 aromatic rings. The predicted octanol–water partition coefficient (Wildman–Crippen LogP) is 4.68. The molecule has 0 radical (unpaired) electrons. The van der Waals surface area contributed by atoms with Crippen LogP contribution in [-0.2, 0) is 6.54 Å². The second-order valence-corrected chi connectivity index (χ2v) is 5.83. The second kappa shape index (κ2) is 6.36. The van der Waals surface area contributed by atoms with Crippen molar-refractivity contribution in [3.63, 3.8) is 0 Å². The van der Waals surface area contributed by atoms with E-state index in [9.17, 15) is 9.18 Å². The van der Waals surface area contributed by atoms with E-state index in [0.29, 0.717) is 16.3 Å². The molecule has 0 aliphatic heterocycles. The largest absolute Gasteiger partial charge is 0.322 e. The molecular weight excluding hydrogens is 303 g/mol. The summed E-state index contributed by atoms with van der Waals surface area (Å²) in [6, 6.07) is 13.5. The Morgan fingerprint density at radius 3 is 2.68 bits per heavy atom. The van der Waals surface area contributed by atoms with Crippen molar-refractivity contribution in [1.29, 1.82) is 0 Å². The third-order valence-corrected chi connectivity index (χ3v) is 3.86. The van der Waals surface area contributed by atoms with Gasteiger partial charge in [0.05, 0.1) is 6.54 Å². The molecule has 0 bridgehead atoms. The van der Waals surface area contributed by atoms with Gasteiger partial charge in [-0.25, -0.2) is 9.18 Å². The molecular formula is C17H16ClFN2O. The van der Waals surface area contributed by atoms with Crippen molar-refractivity contribution in [2.45, 2.75) is 25.4 Å². The number of nitrogens with one attached hydrogen (secondary N) is 1. The summed E-state index contributed by atoms with van der Waals surface area (Å²) in [5.41, 5.74) is 1.16. The Morgan fingerprint density at radius 2 is 2.00 bits per heavy atom. The van der Waals surface area contributed by atoms with E-state index in [4.69, 9.17) is 11.6 Å². The zero-order valence-electron chi connectivity index (χ0n) is 11.9. The minimum atomic E-state index is -0.288. The van der Waals surface area contributed by atoms with Crippen molar-refractivity contribution in [2.75, 3.05) is 5.32 Å². The Labute approximate surface area is 133 Å². The number of carbonyl (C=O) groups is 1. The summed E-state index contributed by atoms with van der Waals surface area (Å²) >= 11 is 5.92. The number of nitrogens with zero attached hydrogens (tertiary/aromatic N) is 1. The number of benzene rings is 2. The molecule has 1 fully saturated rings. The lowest BCUT2D eigenvalue weighted by Gasteiger charge is -2.23. The molecule has 1 aliphatic carbocycles. The highest BCUT2D eigenvalue weighted by molar-refractivity contribution is 6.30. The van der Waals surface area contributed by atoms with E-state index >= 15 is 0 Å². The first-order valence-electron chi connectivity index (χ1n) is 7.20. The molecule has 0 heterocycles. The first-order chi connectivity index (χ1) is 10.6. The first-order valence-corrected chi connectivity index (χ1v) is 7.58. The predicted molar refractivity (Wildman–Crippen MR) is 85.4 cm³/mol. The molecule has 0 aromatic heterocycles. The highest BCUT2D eigenvalue weighted by Crippen LogP contribution is 2.29. The molecule has 0 unspecified atom stereocenters. The van der Waals surface area contributed by atoms with Crippen LogP contribution in [0.1, 0.15) is 18.4 Å². The van der Waals surface area contributed by atoms with Crippen LogP contribution < -0.4 is 5.32 Å². The second-order valence-electron chi connectivity index (χ2n) is 5.39. The highest BCUT2D eigenvalue weighted by atomic mass is 35.5. The minimum Gasteiger partial charge on any atom is -0.317 e. The number of hydrogen-bond acceptors (Lipinski definition) is 1. The number of hydrogen-bond donors (Lipinski definition) is 1. The normalized spacial score (nSPS) is 13.7. The van der Waals surface area contributed by atoms with Crippen LogP contribution >= 0.6 is 11.6 Å². The van der Waals surface area contributed by atoms with Crippen LogP contribution in [0.15, 0.2) is 48.5 Å². The maximum atomic E-state index is 13.8. The third kappa shape index (κ3) is 3.57. The van der Waals surface area contributed by atoms with Gasteiger partial charge >= 0.3 is 6.03 Å². The van der Waals surface area contributed by atoms with Crippen molar-refractivity contribution < 1.29 is 9.18 Å². The molecule has 0 spiro atoms. The maximum Gasteiger partial charge on any atom is 0.322 e. The molecule has 2 amide bonds. The molecule has 1 aliphatic rings. The van der Waals surface area contributed by atoms with Gasteiger partial charge in [-0.15, -0.1) is 0 Å². The molecule has 3 nitrogen and oxygen atoms in total. The number of carbonyl (C=O) groups excluding carboxylic acids is 1. The SMILES string of the molecule is O=C(Nc1cccc(Cl)c1)N(Cc1ccccc1F)C1CC1. The molecule has 22 heavy (non-hydrogen) atoms. The lowest BCUT2D eigenvalue weighted by atomic mass is 10.2. The Balaban J connectivity index is 1.74. The summed E-state index contributed by atoms with van der Waals surface area (Å²) in [6.45, 7) is 0.268. The van der Waals surface area contributed by atoms with Gasteiger partial charge in [-0.3, -0.25) is 0 Å². The molecule has 3 rings (SSSR count). The average molecular weight is 319 g/mol. The highest BCUT2D eigenvalue weighted by Gasteiger charge is 2.33.